The minimum atomic E-state index is -0.203. The zero-order valence-electron chi connectivity index (χ0n) is 8.61. The summed E-state index contributed by atoms with van der Waals surface area (Å²) in [5.41, 5.74) is 1.00. The van der Waals surface area contributed by atoms with E-state index in [4.69, 9.17) is 16.1 Å². The lowest BCUT2D eigenvalue weighted by atomic mass is 10.1. The van der Waals surface area contributed by atoms with Crippen LogP contribution in [0.5, 0.6) is 0 Å². The molecule has 0 radical (unpaired) electrons. The molecule has 0 amide bonds. The third kappa shape index (κ3) is 2.46. The molecule has 16 heavy (non-hydrogen) atoms. The maximum absolute atomic E-state index is 11.0. The fraction of sp³-hybridized carbons (Fsp3) is 0.182. The van der Waals surface area contributed by atoms with Gasteiger partial charge in [-0.25, -0.2) is 0 Å². The van der Waals surface area contributed by atoms with Crippen LogP contribution in [0.1, 0.15) is 29.0 Å². The van der Waals surface area contributed by atoms with Gasteiger partial charge in [0.25, 0.3) is 0 Å². The van der Waals surface area contributed by atoms with E-state index in [1.54, 1.807) is 12.1 Å². The standard InChI is InChI=1S/C11H9ClN2O2/c1-7(15)11-13-10(16-14-11)6-8-2-4-9(12)5-3-8/h2-5H,6H2,1H3. The number of ketones is 1. The molecule has 2 rings (SSSR count). The Morgan fingerprint density at radius 3 is 2.62 bits per heavy atom. The molecule has 0 fully saturated rings. The van der Waals surface area contributed by atoms with Crippen molar-refractivity contribution < 1.29 is 9.32 Å². The van der Waals surface area contributed by atoms with E-state index in [9.17, 15) is 4.79 Å². The van der Waals surface area contributed by atoms with Crippen molar-refractivity contribution in [3.63, 3.8) is 0 Å². The number of carbonyl (C=O) groups excluding carboxylic acids is 1. The van der Waals surface area contributed by atoms with Crippen LogP contribution >= 0.6 is 11.6 Å². The summed E-state index contributed by atoms with van der Waals surface area (Å²) in [5, 5.41) is 4.25. The molecule has 1 aromatic heterocycles. The maximum atomic E-state index is 11.0. The fourth-order valence-electron chi connectivity index (χ4n) is 1.25. The van der Waals surface area contributed by atoms with Gasteiger partial charge in [0, 0.05) is 11.9 Å². The first-order valence-corrected chi connectivity index (χ1v) is 5.11. The van der Waals surface area contributed by atoms with Crippen LogP contribution in [0.15, 0.2) is 28.8 Å². The first-order chi connectivity index (χ1) is 7.65. The quantitative estimate of drug-likeness (QED) is 0.769. The van der Waals surface area contributed by atoms with Crippen LogP contribution in [0.4, 0.5) is 0 Å². The van der Waals surface area contributed by atoms with Crippen LogP contribution < -0.4 is 0 Å². The van der Waals surface area contributed by atoms with Gasteiger partial charge >= 0.3 is 0 Å². The van der Waals surface area contributed by atoms with Crippen molar-refractivity contribution in [1.29, 1.82) is 0 Å². The molecule has 0 N–H and O–H groups in total. The smallest absolute Gasteiger partial charge is 0.238 e. The number of aromatic nitrogens is 2. The first-order valence-electron chi connectivity index (χ1n) is 4.73. The van der Waals surface area contributed by atoms with Crippen LogP contribution in [0.2, 0.25) is 5.02 Å². The molecule has 2 aromatic rings. The summed E-state index contributed by atoms with van der Waals surface area (Å²) in [6, 6.07) is 7.33. The molecule has 0 aliphatic rings. The number of rotatable bonds is 3. The summed E-state index contributed by atoms with van der Waals surface area (Å²) in [6.07, 6.45) is 0.497. The van der Waals surface area contributed by atoms with Crippen LogP contribution in [0.25, 0.3) is 0 Å². The van der Waals surface area contributed by atoms with Crippen molar-refractivity contribution in [2.45, 2.75) is 13.3 Å². The van der Waals surface area contributed by atoms with Gasteiger partial charge in [-0.2, -0.15) is 4.98 Å². The van der Waals surface area contributed by atoms with Gasteiger partial charge in [0.2, 0.25) is 17.5 Å². The van der Waals surface area contributed by atoms with Gasteiger partial charge in [0.15, 0.2) is 0 Å². The number of hydrogen-bond acceptors (Lipinski definition) is 4. The molecule has 82 valence electrons. The average Bonchev–Trinajstić information content (AvgIpc) is 2.70. The summed E-state index contributed by atoms with van der Waals surface area (Å²) in [4.78, 5) is 14.9. The maximum Gasteiger partial charge on any atom is 0.238 e. The molecule has 0 saturated carbocycles. The Hall–Kier alpha value is -1.68. The van der Waals surface area contributed by atoms with Crippen LogP contribution in [0.3, 0.4) is 0 Å². The molecule has 0 spiro atoms. The molecule has 0 aliphatic carbocycles. The highest BCUT2D eigenvalue weighted by atomic mass is 35.5. The van der Waals surface area contributed by atoms with Crippen molar-refractivity contribution in [3.8, 4) is 0 Å². The van der Waals surface area contributed by atoms with Crippen LogP contribution in [-0.2, 0) is 6.42 Å². The molecule has 0 saturated heterocycles. The molecular weight excluding hydrogens is 228 g/mol. The average molecular weight is 237 g/mol. The predicted octanol–water partition coefficient (Wildman–Crippen LogP) is 2.52. The van der Waals surface area contributed by atoms with Gasteiger partial charge < -0.3 is 4.52 Å². The van der Waals surface area contributed by atoms with Crippen molar-refractivity contribution in [2.24, 2.45) is 0 Å². The number of carbonyl (C=O) groups is 1. The van der Waals surface area contributed by atoms with Gasteiger partial charge in [0.05, 0.1) is 6.42 Å². The van der Waals surface area contributed by atoms with E-state index in [2.05, 4.69) is 10.1 Å². The van der Waals surface area contributed by atoms with Gasteiger partial charge in [0.1, 0.15) is 0 Å². The summed E-state index contributed by atoms with van der Waals surface area (Å²) in [6.45, 7) is 1.40. The molecular formula is C11H9ClN2O2. The Bertz CT molecular complexity index is 505. The Morgan fingerprint density at radius 1 is 1.38 bits per heavy atom. The van der Waals surface area contributed by atoms with E-state index in [1.807, 2.05) is 12.1 Å². The Labute approximate surface area is 97.2 Å². The Kier molecular flexibility index (Phi) is 3.01. The second kappa shape index (κ2) is 4.45. The van der Waals surface area contributed by atoms with E-state index in [1.165, 1.54) is 6.92 Å². The molecule has 5 heteroatoms. The molecule has 0 atom stereocenters. The fourth-order valence-corrected chi connectivity index (χ4v) is 1.37. The Balaban J connectivity index is 2.14. The second-order valence-corrected chi connectivity index (χ2v) is 3.81. The van der Waals surface area contributed by atoms with Gasteiger partial charge in [-0.05, 0) is 17.7 Å². The molecule has 0 aliphatic heterocycles. The molecule has 1 aromatic carbocycles. The van der Waals surface area contributed by atoms with E-state index < -0.39 is 0 Å². The second-order valence-electron chi connectivity index (χ2n) is 3.37. The lowest BCUT2D eigenvalue weighted by molar-refractivity contribution is 0.100. The van der Waals surface area contributed by atoms with Gasteiger partial charge in [-0.3, -0.25) is 4.79 Å². The van der Waals surface area contributed by atoms with E-state index in [0.717, 1.165) is 5.56 Å². The zero-order chi connectivity index (χ0) is 11.5. The minimum absolute atomic E-state index is 0.115. The third-order valence-electron chi connectivity index (χ3n) is 2.05. The first kappa shape index (κ1) is 10.8. The largest absolute Gasteiger partial charge is 0.339 e. The predicted molar refractivity (Wildman–Crippen MR) is 58.6 cm³/mol. The van der Waals surface area contributed by atoms with Gasteiger partial charge in [-0.15, -0.1) is 0 Å². The highest BCUT2D eigenvalue weighted by Crippen LogP contribution is 2.12. The highest BCUT2D eigenvalue weighted by Gasteiger charge is 2.10. The summed E-state index contributed by atoms with van der Waals surface area (Å²) >= 11 is 5.76. The van der Waals surface area contributed by atoms with E-state index in [0.29, 0.717) is 17.3 Å². The van der Waals surface area contributed by atoms with Crippen molar-refractivity contribution in [1.82, 2.24) is 10.1 Å². The normalized spacial score (nSPS) is 10.4. The molecule has 0 bridgehead atoms. The zero-order valence-corrected chi connectivity index (χ0v) is 9.36. The number of benzene rings is 1. The summed E-state index contributed by atoms with van der Waals surface area (Å²) in [5.74, 6) is 0.336. The van der Waals surface area contributed by atoms with Crippen molar-refractivity contribution in [2.75, 3.05) is 0 Å². The molecule has 4 nitrogen and oxygen atoms in total. The highest BCUT2D eigenvalue weighted by molar-refractivity contribution is 6.30. The Morgan fingerprint density at radius 2 is 2.06 bits per heavy atom. The van der Waals surface area contributed by atoms with E-state index >= 15 is 0 Å². The topological polar surface area (TPSA) is 56.0 Å². The van der Waals surface area contributed by atoms with E-state index in [-0.39, 0.29) is 11.6 Å². The SMILES string of the molecule is CC(=O)c1noc(Cc2ccc(Cl)cc2)n1. The third-order valence-corrected chi connectivity index (χ3v) is 2.30. The van der Waals surface area contributed by atoms with Crippen LogP contribution in [-0.4, -0.2) is 15.9 Å². The van der Waals surface area contributed by atoms with Crippen LogP contribution in [0, 0.1) is 0 Å². The number of halogens is 1. The monoisotopic (exact) mass is 236 g/mol. The van der Waals surface area contributed by atoms with Crippen molar-refractivity contribution >= 4 is 17.4 Å². The number of nitrogens with zero attached hydrogens (tertiary/aromatic N) is 2. The lowest BCUT2D eigenvalue weighted by Crippen LogP contribution is -1.95. The molecule has 1 heterocycles. The molecule has 0 unspecified atom stereocenters. The number of Topliss-reactive ketones (excluding diaryl/α,β-unsaturated/α-hetero) is 1. The lowest BCUT2D eigenvalue weighted by Gasteiger charge is -1.95. The van der Waals surface area contributed by atoms with Crippen molar-refractivity contribution in [3.05, 3.63) is 46.6 Å². The van der Waals surface area contributed by atoms with Gasteiger partial charge in [-0.1, -0.05) is 28.9 Å². The minimum Gasteiger partial charge on any atom is -0.339 e. The number of hydrogen-bond donors (Lipinski definition) is 0. The summed E-state index contributed by atoms with van der Waals surface area (Å²) in [7, 11) is 0. The summed E-state index contributed by atoms with van der Waals surface area (Å²) < 4.78 is 4.95.